The molecule has 0 aliphatic carbocycles. The van der Waals surface area contributed by atoms with Crippen molar-refractivity contribution in [1.82, 2.24) is 0 Å². The van der Waals surface area contributed by atoms with Crippen LogP contribution in [0.5, 0.6) is 0 Å². The maximum atomic E-state index is 12.7. The molecule has 1 rings (SSSR count). The molecule has 0 saturated heterocycles. The second-order valence-electron chi connectivity index (χ2n) is 4.17. The largest absolute Gasteiger partial charge is 0.416 e. The number of alkyl halides is 3. The number of hydrogen-bond acceptors (Lipinski definition) is 2. The molecule has 0 amide bonds. The summed E-state index contributed by atoms with van der Waals surface area (Å²) in [6.07, 6.45) is -3.49. The standard InChI is InChI=1S/C13H17F3N2S/c1-3-7-18(4-2)11-6-5-9(13(14,15)16)8-10(11)12(17)19/h5-6,8H,3-4,7H2,1-2H3,(H2,17,19). The minimum atomic E-state index is -4.39. The first-order chi connectivity index (χ1) is 8.81. The summed E-state index contributed by atoms with van der Waals surface area (Å²) in [6.45, 7) is 5.39. The van der Waals surface area contributed by atoms with E-state index in [2.05, 4.69) is 0 Å². The average Bonchev–Trinajstić information content (AvgIpc) is 2.34. The number of thiocarbonyl (C=S) groups is 1. The first-order valence-corrected chi connectivity index (χ1v) is 6.48. The van der Waals surface area contributed by atoms with Crippen LogP contribution >= 0.6 is 12.2 Å². The summed E-state index contributed by atoms with van der Waals surface area (Å²) in [7, 11) is 0. The Morgan fingerprint density at radius 2 is 1.95 bits per heavy atom. The third kappa shape index (κ3) is 3.83. The zero-order valence-corrected chi connectivity index (χ0v) is 11.7. The number of halogens is 3. The lowest BCUT2D eigenvalue weighted by atomic mass is 10.1. The molecule has 0 aromatic heterocycles. The van der Waals surface area contributed by atoms with Gasteiger partial charge in [-0.15, -0.1) is 0 Å². The summed E-state index contributed by atoms with van der Waals surface area (Å²) < 4.78 is 38.1. The van der Waals surface area contributed by atoms with E-state index in [9.17, 15) is 13.2 Å². The molecule has 2 nitrogen and oxygen atoms in total. The summed E-state index contributed by atoms with van der Waals surface area (Å²) in [5, 5.41) is 0. The predicted molar refractivity (Wildman–Crippen MR) is 75.5 cm³/mol. The van der Waals surface area contributed by atoms with Gasteiger partial charge in [-0.05, 0) is 31.5 Å². The van der Waals surface area contributed by atoms with Crippen molar-refractivity contribution in [1.29, 1.82) is 0 Å². The van der Waals surface area contributed by atoms with E-state index in [0.29, 0.717) is 12.2 Å². The molecule has 0 aliphatic rings. The molecule has 106 valence electrons. The number of nitrogens with zero attached hydrogens (tertiary/aromatic N) is 1. The van der Waals surface area contributed by atoms with Gasteiger partial charge in [-0.1, -0.05) is 19.1 Å². The van der Waals surface area contributed by atoms with Gasteiger partial charge in [-0.25, -0.2) is 0 Å². The van der Waals surface area contributed by atoms with Gasteiger partial charge in [-0.2, -0.15) is 13.2 Å². The SMILES string of the molecule is CCCN(CC)c1ccc(C(F)(F)F)cc1C(N)=S. The number of nitrogens with two attached hydrogens (primary N) is 1. The van der Waals surface area contributed by atoms with E-state index in [4.69, 9.17) is 18.0 Å². The molecule has 1 aromatic rings. The first kappa shape index (κ1) is 15.8. The predicted octanol–water partition coefficient (Wildman–Crippen LogP) is 3.58. The molecule has 1 aromatic carbocycles. The van der Waals surface area contributed by atoms with Crippen molar-refractivity contribution in [2.45, 2.75) is 26.4 Å². The number of rotatable bonds is 5. The normalized spacial score (nSPS) is 11.4. The van der Waals surface area contributed by atoms with Crippen molar-refractivity contribution < 1.29 is 13.2 Å². The van der Waals surface area contributed by atoms with Gasteiger partial charge in [0.15, 0.2) is 0 Å². The highest BCUT2D eigenvalue weighted by atomic mass is 32.1. The quantitative estimate of drug-likeness (QED) is 0.841. The first-order valence-electron chi connectivity index (χ1n) is 6.07. The fourth-order valence-corrected chi connectivity index (χ4v) is 2.07. The molecule has 0 spiro atoms. The maximum absolute atomic E-state index is 12.7. The zero-order valence-electron chi connectivity index (χ0n) is 10.9. The lowest BCUT2D eigenvalue weighted by Gasteiger charge is -2.25. The number of anilines is 1. The Morgan fingerprint density at radius 3 is 2.37 bits per heavy atom. The van der Waals surface area contributed by atoms with Crippen LogP contribution in [0, 0.1) is 0 Å². The van der Waals surface area contributed by atoms with Crippen LogP contribution in [0.15, 0.2) is 18.2 Å². The molecule has 6 heteroatoms. The van der Waals surface area contributed by atoms with Gasteiger partial charge in [0.05, 0.1) is 5.56 Å². The Bertz CT molecular complexity index is 458. The van der Waals surface area contributed by atoms with Crippen molar-refractivity contribution in [2.75, 3.05) is 18.0 Å². The van der Waals surface area contributed by atoms with Crippen LogP contribution in [-0.4, -0.2) is 18.1 Å². The van der Waals surface area contributed by atoms with Gasteiger partial charge in [0.25, 0.3) is 0 Å². The summed E-state index contributed by atoms with van der Waals surface area (Å²) >= 11 is 4.87. The highest BCUT2D eigenvalue weighted by molar-refractivity contribution is 7.80. The lowest BCUT2D eigenvalue weighted by molar-refractivity contribution is -0.137. The molecule has 0 heterocycles. The Hall–Kier alpha value is -1.30. The monoisotopic (exact) mass is 290 g/mol. The summed E-state index contributed by atoms with van der Waals surface area (Å²) in [4.78, 5) is 1.95. The van der Waals surface area contributed by atoms with E-state index in [1.165, 1.54) is 6.07 Å². The number of benzene rings is 1. The van der Waals surface area contributed by atoms with Crippen molar-refractivity contribution in [2.24, 2.45) is 5.73 Å². The third-order valence-electron chi connectivity index (χ3n) is 2.81. The van der Waals surface area contributed by atoms with Crippen LogP contribution in [0.25, 0.3) is 0 Å². The van der Waals surface area contributed by atoms with Crippen LogP contribution in [0.1, 0.15) is 31.4 Å². The van der Waals surface area contributed by atoms with Crippen LogP contribution < -0.4 is 10.6 Å². The molecule has 0 fully saturated rings. The Labute approximate surface area is 116 Å². The molecule has 2 N–H and O–H groups in total. The van der Waals surface area contributed by atoms with Crippen LogP contribution in [0.3, 0.4) is 0 Å². The highest BCUT2D eigenvalue weighted by Gasteiger charge is 2.31. The van der Waals surface area contributed by atoms with Gasteiger partial charge in [0.1, 0.15) is 4.99 Å². The third-order valence-corrected chi connectivity index (χ3v) is 3.03. The van der Waals surface area contributed by atoms with Gasteiger partial charge in [0.2, 0.25) is 0 Å². The van der Waals surface area contributed by atoms with E-state index in [-0.39, 0.29) is 10.6 Å². The van der Waals surface area contributed by atoms with Crippen LogP contribution in [0.2, 0.25) is 0 Å². The Kier molecular flexibility index (Phi) is 5.17. The zero-order chi connectivity index (χ0) is 14.6. The summed E-state index contributed by atoms with van der Waals surface area (Å²) in [5.41, 5.74) is 5.76. The number of hydrogen-bond donors (Lipinski definition) is 1. The fraction of sp³-hybridized carbons (Fsp3) is 0.462. The minimum Gasteiger partial charge on any atom is -0.389 e. The van der Waals surface area contributed by atoms with E-state index in [1.54, 1.807) is 0 Å². The second kappa shape index (κ2) is 6.23. The van der Waals surface area contributed by atoms with E-state index in [1.807, 2.05) is 18.7 Å². The van der Waals surface area contributed by atoms with Gasteiger partial charge < -0.3 is 10.6 Å². The van der Waals surface area contributed by atoms with Crippen molar-refractivity contribution in [3.8, 4) is 0 Å². The van der Waals surface area contributed by atoms with E-state index < -0.39 is 11.7 Å². The summed E-state index contributed by atoms with van der Waals surface area (Å²) in [5.74, 6) is 0. The van der Waals surface area contributed by atoms with E-state index >= 15 is 0 Å². The van der Waals surface area contributed by atoms with Crippen LogP contribution in [-0.2, 0) is 6.18 Å². The van der Waals surface area contributed by atoms with Crippen molar-refractivity contribution >= 4 is 22.9 Å². The molecule has 0 unspecified atom stereocenters. The lowest BCUT2D eigenvalue weighted by Crippen LogP contribution is -2.27. The molecule has 19 heavy (non-hydrogen) atoms. The molecule has 0 bridgehead atoms. The fourth-order valence-electron chi connectivity index (χ4n) is 1.90. The summed E-state index contributed by atoms with van der Waals surface area (Å²) in [6, 6.07) is 3.53. The van der Waals surface area contributed by atoms with Gasteiger partial charge in [0, 0.05) is 24.3 Å². The molecule has 0 aliphatic heterocycles. The van der Waals surface area contributed by atoms with Crippen molar-refractivity contribution in [3.63, 3.8) is 0 Å². The maximum Gasteiger partial charge on any atom is 0.416 e. The molecule has 0 saturated carbocycles. The second-order valence-corrected chi connectivity index (χ2v) is 4.61. The van der Waals surface area contributed by atoms with Gasteiger partial charge >= 0.3 is 6.18 Å². The highest BCUT2D eigenvalue weighted by Crippen LogP contribution is 2.33. The topological polar surface area (TPSA) is 29.3 Å². The smallest absolute Gasteiger partial charge is 0.389 e. The molecular formula is C13H17F3N2S. The van der Waals surface area contributed by atoms with Crippen LogP contribution in [0.4, 0.5) is 18.9 Å². The minimum absolute atomic E-state index is 0.0179. The Morgan fingerprint density at radius 1 is 1.32 bits per heavy atom. The molecule has 0 atom stereocenters. The molecular weight excluding hydrogens is 273 g/mol. The van der Waals surface area contributed by atoms with E-state index in [0.717, 1.165) is 25.1 Å². The van der Waals surface area contributed by atoms with Crippen molar-refractivity contribution in [3.05, 3.63) is 29.3 Å². The molecule has 0 radical (unpaired) electrons. The Balaban J connectivity index is 3.29. The van der Waals surface area contributed by atoms with Gasteiger partial charge in [-0.3, -0.25) is 0 Å². The average molecular weight is 290 g/mol.